The number of carbonyl (C=O) groups excluding carboxylic acids is 1. The summed E-state index contributed by atoms with van der Waals surface area (Å²) in [7, 11) is 0. The Hall–Kier alpha value is -2.33. The molecule has 21 heavy (non-hydrogen) atoms. The zero-order chi connectivity index (χ0) is 14.7. The highest BCUT2D eigenvalue weighted by molar-refractivity contribution is 5.71. The highest BCUT2D eigenvalue weighted by atomic mass is 16.6. The van der Waals surface area contributed by atoms with E-state index in [0.29, 0.717) is 6.54 Å². The number of nitrogens with zero attached hydrogens (tertiary/aromatic N) is 1. The minimum absolute atomic E-state index is 0.127. The summed E-state index contributed by atoms with van der Waals surface area (Å²) in [6.45, 7) is 0.312. The summed E-state index contributed by atoms with van der Waals surface area (Å²) >= 11 is 0. The van der Waals surface area contributed by atoms with Gasteiger partial charge >= 0.3 is 6.09 Å². The van der Waals surface area contributed by atoms with E-state index in [1.165, 1.54) is 0 Å². The van der Waals surface area contributed by atoms with Gasteiger partial charge in [-0.15, -0.1) is 0 Å². The van der Waals surface area contributed by atoms with E-state index in [9.17, 15) is 9.90 Å². The number of cyclic esters (lactones) is 1. The zero-order valence-corrected chi connectivity index (χ0v) is 11.6. The number of aliphatic hydroxyl groups excluding tert-OH is 1. The van der Waals surface area contributed by atoms with Crippen LogP contribution >= 0.6 is 0 Å². The minimum atomic E-state index is -0.424. The molecule has 1 N–H and O–H groups in total. The summed E-state index contributed by atoms with van der Waals surface area (Å²) < 4.78 is 5.46. The van der Waals surface area contributed by atoms with Crippen LogP contribution in [0.15, 0.2) is 60.7 Å². The van der Waals surface area contributed by atoms with Crippen molar-refractivity contribution in [3.8, 4) is 0 Å². The fraction of sp³-hybridized carbons (Fsp3) is 0.235. The van der Waals surface area contributed by atoms with Crippen LogP contribution in [0.5, 0.6) is 0 Å². The van der Waals surface area contributed by atoms with Crippen molar-refractivity contribution in [3.05, 3.63) is 71.8 Å². The molecule has 1 fully saturated rings. The Morgan fingerprint density at radius 3 is 2.24 bits per heavy atom. The quantitative estimate of drug-likeness (QED) is 0.938. The number of benzene rings is 2. The number of aliphatic hydroxyl groups is 1. The van der Waals surface area contributed by atoms with Gasteiger partial charge in [-0.05, 0) is 11.1 Å². The van der Waals surface area contributed by atoms with E-state index >= 15 is 0 Å². The van der Waals surface area contributed by atoms with Gasteiger partial charge in [0.05, 0.1) is 12.6 Å². The third-order valence-corrected chi connectivity index (χ3v) is 3.72. The SMILES string of the molecule is O=C1O[C@@H](c2ccccc2)[C@H](CO)N1Cc1ccccc1. The molecule has 0 aliphatic carbocycles. The first-order valence-corrected chi connectivity index (χ1v) is 6.96. The summed E-state index contributed by atoms with van der Waals surface area (Å²) in [5, 5.41) is 9.69. The highest BCUT2D eigenvalue weighted by Crippen LogP contribution is 2.33. The average Bonchev–Trinajstić information content (AvgIpc) is 2.85. The Labute approximate surface area is 123 Å². The van der Waals surface area contributed by atoms with Gasteiger partial charge in [-0.3, -0.25) is 4.90 Å². The van der Waals surface area contributed by atoms with Crippen LogP contribution in [0.1, 0.15) is 17.2 Å². The second-order valence-corrected chi connectivity index (χ2v) is 5.08. The van der Waals surface area contributed by atoms with E-state index in [1.807, 2.05) is 60.7 Å². The van der Waals surface area contributed by atoms with Crippen LogP contribution in [0.2, 0.25) is 0 Å². The Balaban J connectivity index is 1.83. The van der Waals surface area contributed by atoms with Crippen molar-refractivity contribution in [3.63, 3.8) is 0 Å². The van der Waals surface area contributed by atoms with Gasteiger partial charge in [0, 0.05) is 6.54 Å². The van der Waals surface area contributed by atoms with Gasteiger partial charge in [-0.1, -0.05) is 60.7 Å². The van der Waals surface area contributed by atoms with Crippen LogP contribution in [-0.4, -0.2) is 28.7 Å². The van der Waals surface area contributed by atoms with Crippen molar-refractivity contribution in [2.75, 3.05) is 6.61 Å². The fourth-order valence-electron chi connectivity index (χ4n) is 2.64. The van der Waals surface area contributed by atoms with Gasteiger partial charge in [0.1, 0.15) is 0 Å². The maximum atomic E-state index is 12.1. The maximum Gasteiger partial charge on any atom is 0.411 e. The van der Waals surface area contributed by atoms with Gasteiger partial charge in [-0.25, -0.2) is 4.79 Å². The summed E-state index contributed by atoms with van der Waals surface area (Å²) in [5.41, 5.74) is 1.92. The van der Waals surface area contributed by atoms with Crippen LogP contribution in [0.25, 0.3) is 0 Å². The fourth-order valence-corrected chi connectivity index (χ4v) is 2.64. The molecule has 2 aromatic carbocycles. The van der Waals surface area contributed by atoms with E-state index in [1.54, 1.807) is 4.90 Å². The van der Waals surface area contributed by atoms with Crippen LogP contribution in [-0.2, 0) is 11.3 Å². The van der Waals surface area contributed by atoms with E-state index in [-0.39, 0.29) is 18.7 Å². The molecule has 1 saturated heterocycles. The summed E-state index contributed by atoms with van der Waals surface area (Å²) in [4.78, 5) is 13.7. The molecule has 0 bridgehead atoms. The van der Waals surface area contributed by atoms with Crippen LogP contribution in [0, 0.1) is 0 Å². The normalized spacial score (nSPS) is 21.4. The maximum absolute atomic E-state index is 12.1. The second kappa shape index (κ2) is 5.97. The molecular formula is C17H17NO3. The highest BCUT2D eigenvalue weighted by Gasteiger charge is 2.41. The van der Waals surface area contributed by atoms with Crippen molar-refractivity contribution >= 4 is 6.09 Å². The first-order chi connectivity index (χ1) is 10.3. The molecule has 0 unspecified atom stereocenters. The van der Waals surface area contributed by atoms with Crippen molar-refractivity contribution in [1.82, 2.24) is 4.90 Å². The Kier molecular flexibility index (Phi) is 3.88. The minimum Gasteiger partial charge on any atom is -0.439 e. The second-order valence-electron chi connectivity index (χ2n) is 5.08. The molecule has 1 aliphatic heterocycles. The van der Waals surface area contributed by atoms with E-state index in [0.717, 1.165) is 11.1 Å². The molecule has 0 radical (unpaired) electrons. The van der Waals surface area contributed by atoms with Crippen LogP contribution in [0.3, 0.4) is 0 Å². The summed E-state index contributed by atoms with van der Waals surface area (Å²) in [6, 6.07) is 18.9. The molecule has 0 saturated carbocycles. The lowest BCUT2D eigenvalue weighted by Crippen LogP contribution is -2.36. The number of hydrogen-bond donors (Lipinski definition) is 1. The Morgan fingerprint density at radius 1 is 1.00 bits per heavy atom. The molecule has 1 aliphatic rings. The molecule has 0 spiro atoms. The Bertz CT molecular complexity index is 600. The van der Waals surface area contributed by atoms with Crippen LogP contribution in [0.4, 0.5) is 4.79 Å². The van der Waals surface area contributed by atoms with Gasteiger partial charge in [0.25, 0.3) is 0 Å². The molecule has 108 valence electrons. The Morgan fingerprint density at radius 2 is 1.62 bits per heavy atom. The topological polar surface area (TPSA) is 49.8 Å². The standard InChI is InChI=1S/C17H17NO3/c19-12-15-16(14-9-5-2-6-10-14)21-17(20)18(15)11-13-7-3-1-4-8-13/h1-10,15-16,19H,11-12H2/t15-,16-/m0/s1. The van der Waals surface area contributed by atoms with Crippen molar-refractivity contribution in [1.29, 1.82) is 0 Å². The van der Waals surface area contributed by atoms with Gasteiger partial charge in [-0.2, -0.15) is 0 Å². The summed E-state index contributed by atoms with van der Waals surface area (Å²) in [5.74, 6) is 0. The first-order valence-electron chi connectivity index (χ1n) is 6.96. The van der Waals surface area contributed by atoms with Crippen molar-refractivity contribution in [2.24, 2.45) is 0 Å². The van der Waals surface area contributed by atoms with Gasteiger partial charge in [0.2, 0.25) is 0 Å². The molecule has 3 rings (SSSR count). The van der Waals surface area contributed by atoms with Crippen molar-refractivity contribution < 1.29 is 14.6 Å². The van der Waals surface area contributed by atoms with Gasteiger partial charge < -0.3 is 9.84 Å². The molecule has 4 heteroatoms. The number of ether oxygens (including phenoxy) is 1. The predicted molar refractivity (Wildman–Crippen MR) is 78.5 cm³/mol. The lowest BCUT2D eigenvalue weighted by molar-refractivity contribution is 0.117. The monoisotopic (exact) mass is 283 g/mol. The number of hydrogen-bond acceptors (Lipinski definition) is 3. The molecular weight excluding hydrogens is 266 g/mol. The molecule has 0 aromatic heterocycles. The molecule has 1 amide bonds. The van der Waals surface area contributed by atoms with E-state index < -0.39 is 6.10 Å². The smallest absolute Gasteiger partial charge is 0.411 e. The van der Waals surface area contributed by atoms with Crippen LogP contribution < -0.4 is 0 Å². The lowest BCUT2D eigenvalue weighted by Gasteiger charge is -2.22. The lowest BCUT2D eigenvalue weighted by atomic mass is 10.0. The number of amides is 1. The summed E-state index contributed by atoms with van der Waals surface area (Å²) in [6.07, 6.45) is -0.806. The predicted octanol–water partition coefficient (Wildman–Crippen LogP) is 2.74. The third-order valence-electron chi connectivity index (χ3n) is 3.72. The largest absolute Gasteiger partial charge is 0.439 e. The van der Waals surface area contributed by atoms with Crippen molar-refractivity contribution in [2.45, 2.75) is 18.7 Å². The molecule has 2 atom stereocenters. The number of carbonyl (C=O) groups is 1. The van der Waals surface area contributed by atoms with E-state index in [2.05, 4.69) is 0 Å². The number of rotatable bonds is 4. The third kappa shape index (κ3) is 2.76. The molecule has 1 heterocycles. The zero-order valence-electron chi connectivity index (χ0n) is 11.6. The van der Waals surface area contributed by atoms with E-state index in [4.69, 9.17) is 4.74 Å². The first kappa shape index (κ1) is 13.6. The molecule has 4 nitrogen and oxygen atoms in total. The van der Waals surface area contributed by atoms with Gasteiger partial charge in [0.15, 0.2) is 6.10 Å². The average molecular weight is 283 g/mol. The molecule has 2 aromatic rings.